The Morgan fingerprint density at radius 2 is 1.96 bits per heavy atom. The number of halogens is 1. The van der Waals surface area contributed by atoms with Crippen LogP contribution in [0.2, 0.25) is 0 Å². The summed E-state index contributed by atoms with van der Waals surface area (Å²) < 4.78 is 23.5. The Hall–Kier alpha value is -3.15. The predicted octanol–water partition coefficient (Wildman–Crippen LogP) is 3.73. The number of benzene rings is 2. The zero-order chi connectivity index (χ0) is 19.1. The molecule has 1 amide bonds. The van der Waals surface area contributed by atoms with Gasteiger partial charge in [0.05, 0.1) is 7.11 Å². The standard InChI is InChI=1S/C20H20FNO4/c1-13-5-4-6-16(11-13)22-20(24)14(2)26-19(23)10-8-15-7-9-18(25-3)17(21)12-15/h4-12,14H,1-3H3,(H,22,24)/b10-8+/t14-/m0/s1. The topological polar surface area (TPSA) is 64.6 Å². The molecule has 2 aromatic carbocycles. The van der Waals surface area contributed by atoms with Crippen molar-refractivity contribution < 1.29 is 23.5 Å². The van der Waals surface area contributed by atoms with Crippen molar-refractivity contribution in [2.45, 2.75) is 20.0 Å². The fraction of sp³-hybridized carbons (Fsp3) is 0.200. The zero-order valence-electron chi connectivity index (χ0n) is 14.8. The molecule has 6 heteroatoms. The van der Waals surface area contributed by atoms with Gasteiger partial charge in [0, 0.05) is 11.8 Å². The Labute approximate surface area is 151 Å². The van der Waals surface area contributed by atoms with Crippen LogP contribution >= 0.6 is 0 Å². The van der Waals surface area contributed by atoms with Gasteiger partial charge in [-0.2, -0.15) is 0 Å². The van der Waals surface area contributed by atoms with Gasteiger partial charge < -0.3 is 14.8 Å². The molecule has 2 rings (SSSR count). The summed E-state index contributed by atoms with van der Waals surface area (Å²) in [5.41, 5.74) is 2.10. The summed E-state index contributed by atoms with van der Waals surface area (Å²) in [7, 11) is 1.37. The first kappa shape index (κ1) is 19.2. The molecule has 2 aromatic rings. The van der Waals surface area contributed by atoms with Gasteiger partial charge in [0.15, 0.2) is 17.7 Å². The van der Waals surface area contributed by atoms with E-state index in [1.54, 1.807) is 12.1 Å². The van der Waals surface area contributed by atoms with E-state index >= 15 is 0 Å². The monoisotopic (exact) mass is 357 g/mol. The lowest BCUT2D eigenvalue weighted by Crippen LogP contribution is -2.29. The van der Waals surface area contributed by atoms with Crippen molar-refractivity contribution in [2.75, 3.05) is 12.4 Å². The van der Waals surface area contributed by atoms with Crippen molar-refractivity contribution in [1.29, 1.82) is 0 Å². The third-order valence-corrected chi connectivity index (χ3v) is 3.54. The largest absolute Gasteiger partial charge is 0.494 e. The summed E-state index contributed by atoms with van der Waals surface area (Å²) in [4.78, 5) is 23.9. The minimum atomic E-state index is -0.972. The van der Waals surface area contributed by atoms with Crippen molar-refractivity contribution in [3.05, 3.63) is 65.5 Å². The van der Waals surface area contributed by atoms with E-state index in [4.69, 9.17) is 9.47 Å². The summed E-state index contributed by atoms with van der Waals surface area (Å²) in [5, 5.41) is 2.68. The molecule has 0 aliphatic heterocycles. The molecule has 5 nitrogen and oxygen atoms in total. The molecule has 0 aliphatic rings. The number of carbonyl (C=O) groups excluding carboxylic acids is 2. The predicted molar refractivity (Wildman–Crippen MR) is 97.3 cm³/mol. The van der Waals surface area contributed by atoms with E-state index < -0.39 is 23.8 Å². The van der Waals surface area contributed by atoms with E-state index in [1.165, 1.54) is 32.2 Å². The highest BCUT2D eigenvalue weighted by atomic mass is 19.1. The molecule has 0 aromatic heterocycles. The minimum absolute atomic E-state index is 0.117. The van der Waals surface area contributed by atoms with Gasteiger partial charge in [-0.1, -0.05) is 18.2 Å². The number of hydrogen-bond acceptors (Lipinski definition) is 4. The number of hydrogen-bond donors (Lipinski definition) is 1. The van der Waals surface area contributed by atoms with Crippen LogP contribution in [0.25, 0.3) is 6.08 Å². The van der Waals surface area contributed by atoms with Gasteiger partial charge in [0.25, 0.3) is 5.91 Å². The van der Waals surface area contributed by atoms with Crippen LogP contribution in [-0.4, -0.2) is 25.1 Å². The van der Waals surface area contributed by atoms with E-state index in [9.17, 15) is 14.0 Å². The average Bonchev–Trinajstić information content (AvgIpc) is 2.60. The Balaban J connectivity index is 1.91. The van der Waals surface area contributed by atoms with Gasteiger partial charge in [-0.3, -0.25) is 4.79 Å². The second-order valence-electron chi connectivity index (χ2n) is 5.67. The molecular formula is C20H20FNO4. The van der Waals surface area contributed by atoms with Crippen LogP contribution in [0.4, 0.5) is 10.1 Å². The highest BCUT2D eigenvalue weighted by molar-refractivity contribution is 5.96. The van der Waals surface area contributed by atoms with Crippen LogP contribution < -0.4 is 10.1 Å². The maximum Gasteiger partial charge on any atom is 0.331 e. The zero-order valence-corrected chi connectivity index (χ0v) is 14.8. The van der Waals surface area contributed by atoms with Crippen molar-refractivity contribution in [1.82, 2.24) is 0 Å². The number of anilines is 1. The van der Waals surface area contributed by atoms with Gasteiger partial charge in [-0.25, -0.2) is 9.18 Å². The third kappa shape index (κ3) is 5.44. The van der Waals surface area contributed by atoms with Crippen LogP contribution in [0.5, 0.6) is 5.75 Å². The van der Waals surface area contributed by atoms with Gasteiger partial charge in [0.1, 0.15) is 0 Å². The van der Waals surface area contributed by atoms with Gasteiger partial charge in [-0.15, -0.1) is 0 Å². The molecule has 0 bridgehead atoms. The molecule has 0 aliphatic carbocycles. The van der Waals surface area contributed by atoms with Crippen LogP contribution in [-0.2, 0) is 14.3 Å². The molecule has 0 spiro atoms. The third-order valence-electron chi connectivity index (χ3n) is 3.54. The number of aryl methyl sites for hydroxylation is 1. The molecule has 0 fully saturated rings. The second-order valence-corrected chi connectivity index (χ2v) is 5.67. The van der Waals surface area contributed by atoms with Crippen LogP contribution in [0.3, 0.4) is 0 Å². The van der Waals surface area contributed by atoms with Gasteiger partial charge in [-0.05, 0) is 55.3 Å². The van der Waals surface area contributed by atoms with E-state index in [-0.39, 0.29) is 5.75 Å². The fourth-order valence-corrected chi connectivity index (χ4v) is 2.18. The maximum absolute atomic E-state index is 13.6. The Morgan fingerprint density at radius 3 is 2.62 bits per heavy atom. The lowest BCUT2D eigenvalue weighted by molar-refractivity contribution is -0.148. The SMILES string of the molecule is COc1ccc(/C=C/C(=O)O[C@@H](C)C(=O)Nc2cccc(C)c2)cc1F. The quantitative estimate of drug-likeness (QED) is 0.632. The first-order chi connectivity index (χ1) is 12.4. The summed E-state index contributed by atoms with van der Waals surface area (Å²) >= 11 is 0. The summed E-state index contributed by atoms with van der Waals surface area (Å²) in [6, 6.07) is 11.6. The highest BCUT2D eigenvalue weighted by Crippen LogP contribution is 2.18. The minimum Gasteiger partial charge on any atom is -0.494 e. The Morgan fingerprint density at radius 1 is 1.19 bits per heavy atom. The fourth-order valence-electron chi connectivity index (χ4n) is 2.18. The molecule has 0 radical (unpaired) electrons. The number of rotatable bonds is 6. The highest BCUT2D eigenvalue weighted by Gasteiger charge is 2.16. The van der Waals surface area contributed by atoms with Crippen molar-refractivity contribution >= 4 is 23.6 Å². The number of carbonyl (C=O) groups is 2. The molecule has 26 heavy (non-hydrogen) atoms. The average molecular weight is 357 g/mol. The molecule has 1 N–H and O–H groups in total. The van der Waals surface area contributed by atoms with Crippen LogP contribution in [0.1, 0.15) is 18.1 Å². The smallest absolute Gasteiger partial charge is 0.331 e. The van der Waals surface area contributed by atoms with E-state index in [0.29, 0.717) is 11.3 Å². The first-order valence-corrected chi connectivity index (χ1v) is 7.99. The molecule has 1 atom stereocenters. The van der Waals surface area contributed by atoms with E-state index in [1.807, 2.05) is 25.1 Å². The maximum atomic E-state index is 13.6. The van der Waals surface area contributed by atoms with Crippen molar-refractivity contribution in [3.63, 3.8) is 0 Å². The van der Waals surface area contributed by atoms with E-state index in [0.717, 1.165) is 11.6 Å². The van der Waals surface area contributed by atoms with Crippen LogP contribution in [0, 0.1) is 12.7 Å². The number of amides is 1. The summed E-state index contributed by atoms with van der Waals surface area (Å²) in [6.07, 6.45) is 1.56. The van der Waals surface area contributed by atoms with Crippen molar-refractivity contribution in [3.8, 4) is 5.75 Å². The number of esters is 1. The number of methoxy groups -OCH3 is 1. The molecular weight excluding hydrogens is 337 g/mol. The normalized spacial score (nSPS) is 11.8. The van der Waals surface area contributed by atoms with E-state index in [2.05, 4.69) is 5.32 Å². The number of nitrogens with one attached hydrogen (secondary N) is 1. The molecule has 0 heterocycles. The lowest BCUT2D eigenvalue weighted by atomic mass is 10.2. The first-order valence-electron chi connectivity index (χ1n) is 7.99. The lowest BCUT2D eigenvalue weighted by Gasteiger charge is -2.12. The molecule has 0 saturated carbocycles. The summed E-state index contributed by atoms with van der Waals surface area (Å²) in [6.45, 7) is 3.38. The summed E-state index contributed by atoms with van der Waals surface area (Å²) in [5.74, 6) is -1.55. The molecule has 136 valence electrons. The van der Waals surface area contributed by atoms with Crippen molar-refractivity contribution in [2.24, 2.45) is 0 Å². The Kier molecular flexibility index (Phi) is 6.49. The molecule has 0 saturated heterocycles. The molecule has 0 unspecified atom stereocenters. The number of ether oxygens (including phenoxy) is 2. The van der Waals surface area contributed by atoms with Gasteiger partial charge >= 0.3 is 5.97 Å². The van der Waals surface area contributed by atoms with Crippen LogP contribution in [0.15, 0.2) is 48.5 Å². The Bertz CT molecular complexity index is 832. The second kappa shape index (κ2) is 8.80. The van der Waals surface area contributed by atoms with Gasteiger partial charge in [0.2, 0.25) is 0 Å².